The molecule has 29 heavy (non-hydrogen) atoms. The van der Waals surface area contributed by atoms with Crippen LogP contribution in [0.4, 0.5) is 0 Å². The molecule has 0 aromatic carbocycles. The summed E-state index contributed by atoms with van der Waals surface area (Å²) in [5.74, 6) is -0.378. The van der Waals surface area contributed by atoms with Gasteiger partial charge < -0.3 is 24.1 Å². The number of aryl methyl sites for hydroxylation is 1. The van der Waals surface area contributed by atoms with Crippen LogP contribution in [0.1, 0.15) is 51.4 Å². The Morgan fingerprint density at radius 2 is 2.03 bits per heavy atom. The molecule has 0 radical (unpaired) electrons. The number of aliphatic hydroxyl groups excluding tert-OH is 2. The fourth-order valence-corrected chi connectivity index (χ4v) is 7.09. The fourth-order valence-electron chi connectivity index (χ4n) is 7.09. The normalized spacial score (nSPS) is 47.9. The number of esters is 1. The highest BCUT2D eigenvalue weighted by Crippen LogP contribution is 2.71. The maximum absolute atomic E-state index is 13.9. The number of carbonyl (C=O) groups excluding carboxylic acids is 2. The number of fused-ring (bicyclic) bond motifs is 6. The summed E-state index contributed by atoms with van der Waals surface area (Å²) in [7, 11) is 0. The summed E-state index contributed by atoms with van der Waals surface area (Å²) >= 11 is 0. The van der Waals surface area contributed by atoms with E-state index in [1.165, 1.54) is 6.92 Å². The van der Waals surface area contributed by atoms with Gasteiger partial charge in [0.1, 0.15) is 24.1 Å². The summed E-state index contributed by atoms with van der Waals surface area (Å²) in [5.41, 5.74) is -2.76. The van der Waals surface area contributed by atoms with Crippen LogP contribution in [0.15, 0.2) is 16.7 Å². The Morgan fingerprint density at radius 3 is 2.69 bits per heavy atom. The summed E-state index contributed by atoms with van der Waals surface area (Å²) in [6, 6.07) is 1.90. The van der Waals surface area contributed by atoms with E-state index >= 15 is 0 Å². The van der Waals surface area contributed by atoms with Crippen LogP contribution < -0.4 is 0 Å². The van der Waals surface area contributed by atoms with Gasteiger partial charge in [-0.2, -0.15) is 0 Å². The summed E-state index contributed by atoms with van der Waals surface area (Å²) in [6.45, 7) is 5.37. The minimum Gasteiger partial charge on any atom is -0.468 e. The van der Waals surface area contributed by atoms with Gasteiger partial charge in [0.2, 0.25) is 0 Å². The highest BCUT2D eigenvalue weighted by atomic mass is 16.6. The van der Waals surface area contributed by atoms with Crippen molar-refractivity contribution in [3.63, 3.8) is 0 Å². The van der Waals surface area contributed by atoms with Crippen LogP contribution in [0.25, 0.3) is 0 Å². The van der Waals surface area contributed by atoms with Crippen molar-refractivity contribution < 1.29 is 33.7 Å². The average molecular weight is 404 g/mol. The van der Waals surface area contributed by atoms with Crippen LogP contribution >= 0.6 is 0 Å². The minimum absolute atomic E-state index is 0.145. The first-order valence-electron chi connectivity index (χ1n) is 10.4. The van der Waals surface area contributed by atoms with Crippen LogP contribution in [0.5, 0.6) is 0 Å². The van der Waals surface area contributed by atoms with Crippen molar-refractivity contribution in [3.8, 4) is 0 Å². The third-order valence-corrected chi connectivity index (χ3v) is 8.90. The molecule has 7 heteroatoms. The number of carbonyl (C=O) groups is 2. The summed E-state index contributed by atoms with van der Waals surface area (Å²) in [5, 5.41) is 22.4. The SMILES string of the molecule is CC(=O)OC[C@@]12[C@@H](O)C(=O)[C@]3(C)c4occc4CC[C@]3(C)[C@H]1CC[C@@H](O)[C@]21CO1. The van der Waals surface area contributed by atoms with Crippen LogP contribution in [0, 0.1) is 16.7 Å². The van der Waals surface area contributed by atoms with Gasteiger partial charge in [0.25, 0.3) is 0 Å². The van der Waals surface area contributed by atoms with Crippen LogP contribution in [0.3, 0.4) is 0 Å². The Kier molecular flexibility index (Phi) is 3.79. The molecule has 5 rings (SSSR count). The molecule has 0 amide bonds. The molecule has 158 valence electrons. The number of epoxide rings is 1. The van der Waals surface area contributed by atoms with Gasteiger partial charge >= 0.3 is 5.97 Å². The Balaban J connectivity index is 1.73. The Labute approximate surface area is 169 Å². The van der Waals surface area contributed by atoms with Crippen molar-refractivity contribution in [1.82, 2.24) is 0 Å². The lowest BCUT2D eigenvalue weighted by molar-refractivity contribution is -0.237. The van der Waals surface area contributed by atoms with Crippen LogP contribution in [0.2, 0.25) is 0 Å². The number of ether oxygens (including phenoxy) is 2. The van der Waals surface area contributed by atoms with Crippen molar-refractivity contribution in [3.05, 3.63) is 23.7 Å². The van der Waals surface area contributed by atoms with E-state index in [1.807, 2.05) is 13.0 Å². The van der Waals surface area contributed by atoms with Crippen molar-refractivity contribution in [2.45, 2.75) is 69.7 Å². The first-order valence-corrected chi connectivity index (χ1v) is 10.4. The van der Waals surface area contributed by atoms with Gasteiger partial charge in [-0.25, -0.2) is 0 Å². The second-order valence-electron chi connectivity index (χ2n) is 9.73. The summed E-state index contributed by atoms with van der Waals surface area (Å²) < 4.78 is 17.1. The molecule has 2 heterocycles. The maximum atomic E-state index is 13.9. The molecule has 1 aromatic heterocycles. The molecule has 7 nitrogen and oxygen atoms in total. The van der Waals surface area contributed by atoms with Gasteiger partial charge in [0.15, 0.2) is 5.78 Å². The molecule has 1 aliphatic heterocycles. The Hall–Kier alpha value is -1.70. The number of rotatable bonds is 2. The van der Waals surface area contributed by atoms with Gasteiger partial charge in [0, 0.05) is 6.92 Å². The summed E-state index contributed by atoms with van der Waals surface area (Å²) in [4.78, 5) is 25.6. The fraction of sp³-hybridized carbons (Fsp3) is 0.727. The van der Waals surface area contributed by atoms with E-state index in [-0.39, 0.29) is 24.9 Å². The number of Topliss-reactive ketones (excluding diaryl/α,β-unsaturated/α-hetero) is 1. The zero-order chi connectivity index (χ0) is 20.8. The van der Waals surface area contributed by atoms with Crippen molar-refractivity contribution in [2.24, 2.45) is 16.7 Å². The predicted octanol–water partition coefficient (Wildman–Crippen LogP) is 1.52. The van der Waals surface area contributed by atoms with Gasteiger partial charge in [-0.1, -0.05) is 6.92 Å². The molecule has 0 bridgehead atoms. The largest absolute Gasteiger partial charge is 0.468 e. The molecular weight excluding hydrogens is 376 g/mol. The van der Waals surface area contributed by atoms with Gasteiger partial charge in [-0.15, -0.1) is 0 Å². The molecule has 7 atom stereocenters. The molecule has 0 unspecified atom stereocenters. The Morgan fingerprint density at radius 1 is 1.31 bits per heavy atom. The third kappa shape index (κ3) is 1.99. The molecule has 3 fully saturated rings. The average Bonchev–Trinajstić information content (AvgIpc) is 3.33. The summed E-state index contributed by atoms with van der Waals surface area (Å²) in [6.07, 6.45) is 2.01. The first kappa shape index (κ1) is 19.3. The second-order valence-corrected chi connectivity index (χ2v) is 9.73. The van der Waals surface area contributed by atoms with E-state index < -0.39 is 40.0 Å². The zero-order valence-electron chi connectivity index (χ0n) is 17.1. The lowest BCUT2D eigenvalue weighted by Crippen LogP contribution is -2.76. The quantitative estimate of drug-likeness (QED) is 0.568. The van der Waals surface area contributed by atoms with Crippen molar-refractivity contribution in [2.75, 3.05) is 13.2 Å². The van der Waals surface area contributed by atoms with Crippen LogP contribution in [-0.2, 0) is 30.9 Å². The van der Waals surface area contributed by atoms with E-state index in [2.05, 4.69) is 6.92 Å². The predicted molar refractivity (Wildman–Crippen MR) is 100.0 cm³/mol. The number of aliphatic hydroxyl groups is 2. The first-order chi connectivity index (χ1) is 13.6. The van der Waals surface area contributed by atoms with Crippen LogP contribution in [-0.4, -0.2) is 53.0 Å². The van der Waals surface area contributed by atoms with Crippen molar-refractivity contribution >= 4 is 11.8 Å². The molecule has 2 saturated carbocycles. The highest BCUT2D eigenvalue weighted by Gasteiger charge is 2.82. The van der Waals surface area contributed by atoms with E-state index in [1.54, 1.807) is 6.26 Å². The topological polar surface area (TPSA) is 110 Å². The van der Waals surface area contributed by atoms with Crippen molar-refractivity contribution in [1.29, 1.82) is 0 Å². The Bertz CT molecular complexity index is 885. The highest BCUT2D eigenvalue weighted by molar-refractivity contribution is 5.96. The van der Waals surface area contributed by atoms with Gasteiger partial charge in [-0.3, -0.25) is 9.59 Å². The van der Waals surface area contributed by atoms with Gasteiger partial charge in [-0.05, 0) is 55.6 Å². The molecule has 1 saturated heterocycles. The number of ketones is 1. The molecule has 1 aromatic rings. The minimum atomic E-state index is -1.43. The van der Waals surface area contributed by atoms with E-state index in [0.29, 0.717) is 18.6 Å². The standard InChI is InChI=1S/C22H28O7/c1-12(23)28-10-21-14(4-5-15(24)22(21)11-29-22)19(2)8-6-13-7-9-27-18(13)20(19,3)16(25)17(21)26/h7,9,14-15,17,24,26H,4-6,8,10-11H2,1-3H3/t14-,15-,17+,19-,20-,21+,22-/m1/s1. The monoisotopic (exact) mass is 404 g/mol. The van der Waals surface area contributed by atoms with Gasteiger partial charge in [0.05, 0.1) is 29.8 Å². The zero-order valence-corrected chi connectivity index (χ0v) is 17.1. The van der Waals surface area contributed by atoms with E-state index in [0.717, 1.165) is 18.4 Å². The lowest BCUT2D eigenvalue weighted by Gasteiger charge is -2.66. The molecule has 1 spiro atoms. The maximum Gasteiger partial charge on any atom is 0.302 e. The smallest absolute Gasteiger partial charge is 0.302 e. The van der Waals surface area contributed by atoms with E-state index in [9.17, 15) is 19.8 Å². The molecule has 3 aliphatic carbocycles. The number of furan rings is 1. The lowest BCUT2D eigenvalue weighted by atomic mass is 9.36. The molecular formula is C22H28O7. The van der Waals surface area contributed by atoms with E-state index in [4.69, 9.17) is 13.9 Å². The third-order valence-electron chi connectivity index (χ3n) is 8.90. The molecule has 4 aliphatic rings. The number of hydrogen-bond acceptors (Lipinski definition) is 7. The molecule has 2 N–H and O–H groups in total. The number of hydrogen-bond donors (Lipinski definition) is 2. The second kappa shape index (κ2) is 5.71.